The van der Waals surface area contributed by atoms with Crippen LogP contribution in [0.4, 0.5) is 0 Å². The number of carbonyl (C=O) groups is 1. The Bertz CT molecular complexity index is 128. The number of hydrogen-bond donors (Lipinski definition) is 0. The van der Waals surface area contributed by atoms with E-state index in [0.717, 1.165) is 0 Å². The van der Waals surface area contributed by atoms with Gasteiger partial charge in [-0.15, -0.1) is 6.58 Å². The summed E-state index contributed by atoms with van der Waals surface area (Å²) >= 11 is 0. The van der Waals surface area contributed by atoms with E-state index in [1.165, 1.54) is 18.2 Å². The van der Waals surface area contributed by atoms with E-state index in [-0.39, 0.29) is 0 Å². The Labute approximate surface area is 53.9 Å². The molecular weight excluding hydrogens is 116 g/mol. The molecule has 2 heteroatoms. The van der Waals surface area contributed by atoms with Gasteiger partial charge in [-0.25, -0.2) is 0 Å². The van der Waals surface area contributed by atoms with Gasteiger partial charge in [0.15, 0.2) is 0 Å². The van der Waals surface area contributed by atoms with E-state index in [1.54, 1.807) is 6.29 Å². The van der Waals surface area contributed by atoms with Crippen LogP contribution in [0.15, 0.2) is 24.8 Å². The molecule has 1 atom stereocenters. The van der Waals surface area contributed by atoms with Crippen molar-refractivity contribution >= 4 is 12.6 Å². The Kier molecular flexibility index (Phi) is 4.32. The average molecular weight is 123 g/mol. The highest BCUT2D eigenvalue weighted by Gasteiger charge is 1.93. The quantitative estimate of drug-likeness (QED) is 0.312. The molecule has 1 unspecified atom stereocenters. The van der Waals surface area contributed by atoms with Crippen molar-refractivity contribution in [2.24, 2.45) is 5.92 Å². The van der Waals surface area contributed by atoms with E-state index in [0.29, 0.717) is 6.29 Å². The van der Waals surface area contributed by atoms with Crippen LogP contribution in [0.5, 0.6) is 0 Å². The predicted octanol–water partition coefficient (Wildman–Crippen LogP) is 0.653. The van der Waals surface area contributed by atoms with Crippen LogP contribution >= 0.6 is 0 Å². The number of carbonyl (C=O) groups excluding carboxylic acids is 2. The largest absolute Gasteiger partial charge is 0.299 e. The minimum Gasteiger partial charge on any atom is -0.299 e. The SMILES string of the molecule is C=CC([C]=O)C=CC=O. The minimum absolute atomic E-state index is 0.449. The third-order valence-corrected chi connectivity index (χ3v) is 0.787. The Morgan fingerprint density at radius 1 is 1.56 bits per heavy atom. The molecule has 0 saturated heterocycles. The molecule has 47 valence electrons. The van der Waals surface area contributed by atoms with E-state index >= 15 is 0 Å². The van der Waals surface area contributed by atoms with E-state index in [4.69, 9.17) is 0 Å². The molecule has 0 amide bonds. The van der Waals surface area contributed by atoms with Gasteiger partial charge in [0, 0.05) is 0 Å². The van der Waals surface area contributed by atoms with E-state index < -0.39 is 5.92 Å². The van der Waals surface area contributed by atoms with Gasteiger partial charge < -0.3 is 0 Å². The fourth-order valence-corrected chi connectivity index (χ4v) is 0.331. The molecule has 9 heavy (non-hydrogen) atoms. The molecule has 2 nitrogen and oxygen atoms in total. The second kappa shape index (κ2) is 4.97. The van der Waals surface area contributed by atoms with Crippen LogP contribution in [0, 0.1) is 5.92 Å². The van der Waals surface area contributed by atoms with Gasteiger partial charge >= 0.3 is 0 Å². The lowest BCUT2D eigenvalue weighted by Crippen LogP contribution is -1.90. The fourth-order valence-electron chi connectivity index (χ4n) is 0.331. The van der Waals surface area contributed by atoms with Crippen molar-refractivity contribution < 1.29 is 9.59 Å². The van der Waals surface area contributed by atoms with Crippen molar-refractivity contribution in [2.75, 3.05) is 0 Å². The molecule has 0 fully saturated rings. The molecule has 0 aliphatic rings. The summed E-state index contributed by atoms with van der Waals surface area (Å²) in [6, 6.07) is 0. The molecule has 0 aliphatic heterocycles. The van der Waals surface area contributed by atoms with E-state index in [9.17, 15) is 9.59 Å². The van der Waals surface area contributed by atoms with Crippen molar-refractivity contribution in [2.45, 2.75) is 0 Å². The maximum Gasteiger partial charge on any atom is 0.209 e. The van der Waals surface area contributed by atoms with Crippen molar-refractivity contribution in [1.29, 1.82) is 0 Å². The predicted molar refractivity (Wildman–Crippen MR) is 34.6 cm³/mol. The fraction of sp³-hybridized carbons (Fsp3) is 0.143. The lowest BCUT2D eigenvalue weighted by molar-refractivity contribution is -0.104. The summed E-state index contributed by atoms with van der Waals surface area (Å²) in [5.74, 6) is -0.449. The monoisotopic (exact) mass is 123 g/mol. The number of allylic oxidation sites excluding steroid dienone is 3. The highest BCUT2D eigenvalue weighted by molar-refractivity contribution is 5.68. The summed E-state index contributed by atoms with van der Waals surface area (Å²) < 4.78 is 0. The van der Waals surface area contributed by atoms with Gasteiger partial charge in [0.1, 0.15) is 6.29 Å². The molecule has 0 aromatic heterocycles. The highest BCUT2D eigenvalue weighted by atomic mass is 16.1. The molecule has 0 spiro atoms. The summed E-state index contributed by atoms with van der Waals surface area (Å²) in [5.41, 5.74) is 0. The molecule has 0 aromatic rings. The van der Waals surface area contributed by atoms with Gasteiger partial charge in [0.05, 0.1) is 5.92 Å². The van der Waals surface area contributed by atoms with Crippen molar-refractivity contribution in [1.82, 2.24) is 0 Å². The number of rotatable bonds is 4. The zero-order valence-corrected chi connectivity index (χ0v) is 4.91. The second-order valence-corrected chi connectivity index (χ2v) is 1.40. The first kappa shape index (κ1) is 7.82. The summed E-state index contributed by atoms with van der Waals surface area (Å²) in [6.07, 6.45) is 6.36. The molecule has 0 saturated carbocycles. The van der Waals surface area contributed by atoms with Gasteiger partial charge in [-0.2, -0.15) is 0 Å². The van der Waals surface area contributed by atoms with Crippen LogP contribution in [-0.2, 0) is 9.59 Å². The standard InChI is InChI=1S/C7H7O2/c1-2-7(6-9)4-3-5-8/h2-5,7H,1H2. The van der Waals surface area contributed by atoms with Crippen LogP contribution in [0.25, 0.3) is 0 Å². The highest BCUT2D eigenvalue weighted by Crippen LogP contribution is 1.92. The van der Waals surface area contributed by atoms with Crippen molar-refractivity contribution in [3.8, 4) is 0 Å². The average Bonchev–Trinajstić information content (AvgIpc) is 1.91. The minimum atomic E-state index is -0.449. The van der Waals surface area contributed by atoms with Crippen LogP contribution in [-0.4, -0.2) is 12.6 Å². The first-order valence-corrected chi connectivity index (χ1v) is 2.47. The Morgan fingerprint density at radius 3 is 2.56 bits per heavy atom. The van der Waals surface area contributed by atoms with Crippen LogP contribution in [0.3, 0.4) is 0 Å². The van der Waals surface area contributed by atoms with Gasteiger partial charge in [-0.1, -0.05) is 12.2 Å². The van der Waals surface area contributed by atoms with Gasteiger partial charge in [-0.3, -0.25) is 9.59 Å². The topological polar surface area (TPSA) is 34.1 Å². The van der Waals surface area contributed by atoms with Crippen LogP contribution in [0.1, 0.15) is 0 Å². The molecule has 0 aromatic carbocycles. The molecule has 1 radical (unpaired) electrons. The van der Waals surface area contributed by atoms with E-state index in [2.05, 4.69) is 6.58 Å². The molecule has 0 aliphatic carbocycles. The molecular formula is C7H7O2. The second-order valence-electron chi connectivity index (χ2n) is 1.40. The Morgan fingerprint density at radius 2 is 2.22 bits per heavy atom. The van der Waals surface area contributed by atoms with Crippen molar-refractivity contribution in [3.05, 3.63) is 24.8 Å². The third kappa shape index (κ3) is 3.41. The Balaban J connectivity index is 3.80. The molecule has 0 rings (SSSR count). The lowest BCUT2D eigenvalue weighted by Gasteiger charge is -1.87. The summed E-state index contributed by atoms with van der Waals surface area (Å²) in [6.45, 7) is 3.36. The molecule has 0 heterocycles. The van der Waals surface area contributed by atoms with Gasteiger partial charge in [0.25, 0.3) is 0 Å². The normalized spacial score (nSPS) is 12.9. The van der Waals surface area contributed by atoms with Gasteiger partial charge in [0.2, 0.25) is 6.29 Å². The van der Waals surface area contributed by atoms with E-state index in [1.807, 2.05) is 0 Å². The summed E-state index contributed by atoms with van der Waals surface area (Å²) in [5, 5.41) is 0. The van der Waals surface area contributed by atoms with Crippen LogP contribution in [0.2, 0.25) is 0 Å². The molecule has 0 bridgehead atoms. The number of aldehydes is 1. The lowest BCUT2D eigenvalue weighted by atomic mass is 10.1. The zero-order valence-electron chi connectivity index (χ0n) is 4.91. The first-order valence-electron chi connectivity index (χ1n) is 2.47. The van der Waals surface area contributed by atoms with Crippen LogP contribution < -0.4 is 0 Å². The summed E-state index contributed by atoms with van der Waals surface area (Å²) in [7, 11) is 0. The van der Waals surface area contributed by atoms with Crippen molar-refractivity contribution in [3.63, 3.8) is 0 Å². The third-order valence-electron chi connectivity index (χ3n) is 0.787. The maximum atomic E-state index is 9.88. The maximum absolute atomic E-state index is 9.88. The summed E-state index contributed by atoms with van der Waals surface area (Å²) in [4.78, 5) is 19.6. The Hall–Kier alpha value is -1.18. The number of hydrogen-bond acceptors (Lipinski definition) is 2. The zero-order chi connectivity index (χ0) is 7.11. The van der Waals surface area contributed by atoms with Gasteiger partial charge in [-0.05, 0) is 6.08 Å². The molecule has 0 N–H and O–H groups in total. The first-order chi connectivity index (χ1) is 4.35. The smallest absolute Gasteiger partial charge is 0.209 e.